The maximum atomic E-state index is 11.2. The molecule has 0 spiro atoms. The van der Waals surface area contributed by atoms with Crippen molar-refractivity contribution < 1.29 is 9.21 Å². The molecule has 1 saturated heterocycles. The lowest BCUT2D eigenvalue weighted by Gasteiger charge is -1.88. The number of carbonyl (C=O) groups is 1. The highest BCUT2D eigenvalue weighted by molar-refractivity contribution is 8.18. The molecule has 0 atom stereocenters. The zero-order valence-electron chi connectivity index (χ0n) is 7.46. The van der Waals surface area contributed by atoms with Crippen LogP contribution in [0.5, 0.6) is 0 Å². The van der Waals surface area contributed by atoms with Crippen molar-refractivity contribution in [3.63, 3.8) is 0 Å². The highest BCUT2D eigenvalue weighted by Gasteiger charge is 2.22. The number of hydrogen-bond acceptors (Lipinski definition) is 4. The number of amides is 1. The largest absolute Gasteiger partial charge is 0.462 e. The van der Waals surface area contributed by atoms with Crippen LogP contribution in [-0.2, 0) is 4.79 Å². The number of amidine groups is 1. The van der Waals surface area contributed by atoms with Gasteiger partial charge in [-0.3, -0.25) is 10.2 Å². The fourth-order valence-electron chi connectivity index (χ4n) is 1.10. The Morgan fingerprint density at radius 1 is 1.57 bits per heavy atom. The molecule has 1 aliphatic heterocycles. The van der Waals surface area contributed by atoms with Crippen molar-refractivity contribution in [2.75, 3.05) is 0 Å². The molecule has 2 rings (SSSR count). The molecule has 1 amide bonds. The second-order valence-electron chi connectivity index (χ2n) is 2.84. The van der Waals surface area contributed by atoms with Crippen LogP contribution in [-0.4, -0.2) is 11.1 Å². The van der Waals surface area contributed by atoms with Crippen LogP contribution in [0.3, 0.4) is 0 Å². The Bertz CT molecular complexity index is 434. The smallest absolute Gasteiger partial charge is 0.264 e. The molecule has 0 aromatic carbocycles. The van der Waals surface area contributed by atoms with E-state index in [1.165, 1.54) is 0 Å². The van der Waals surface area contributed by atoms with E-state index in [2.05, 4.69) is 5.32 Å². The number of rotatable bonds is 1. The Balaban J connectivity index is 2.27. The number of nitrogens with one attached hydrogen (secondary N) is 2. The quantitative estimate of drug-likeness (QED) is 0.691. The van der Waals surface area contributed by atoms with Crippen LogP contribution in [0.2, 0.25) is 0 Å². The monoisotopic (exact) mass is 208 g/mol. The third-order valence-corrected chi connectivity index (χ3v) is 2.53. The van der Waals surface area contributed by atoms with E-state index >= 15 is 0 Å². The van der Waals surface area contributed by atoms with Crippen molar-refractivity contribution in [1.29, 1.82) is 5.41 Å². The fourth-order valence-corrected chi connectivity index (χ4v) is 1.78. The van der Waals surface area contributed by atoms with Crippen LogP contribution < -0.4 is 5.32 Å². The molecule has 5 heteroatoms. The van der Waals surface area contributed by atoms with Crippen LogP contribution >= 0.6 is 11.8 Å². The molecule has 1 aromatic heterocycles. The van der Waals surface area contributed by atoms with Gasteiger partial charge in [0.05, 0.1) is 4.91 Å². The van der Waals surface area contributed by atoms with Crippen molar-refractivity contribution in [2.24, 2.45) is 0 Å². The average molecular weight is 208 g/mol. The minimum absolute atomic E-state index is 0.157. The Labute approximate surface area is 84.9 Å². The van der Waals surface area contributed by atoms with Gasteiger partial charge >= 0.3 is 0 Å². The van der Waals surface area contributed by atoms with E-state index in [1.807, 2.05) is 13.0 Å². The summed E-state index contributed by atoms with van der Waals surface area (Å²) in [7, 11) is 0. The number of aryl methyl sites for hydroxylation is 1. The summed E-state index contributed by atoms with van der Waals surface area (Å²) in [5.74, 6) is 1.19. The van der Waals surface area contributed by atoms with Crippen LogP contribution in [0.25, 0.3) is 6.08 Å². The molecule has 0 aliphatic carbocycles. The molecular formula is C9H8N2O2S. The first kappa shape index (κ1) is 9.08. The summed E-state index contributed by atoms with van der Waals surface area (Å²) in [6.07, 6.45) is 1.63. The van der Waals surface area contributed by atoms with Gasteiger partial charge in [-0.1, -0.05) is 0 Å². The molecule has 1 aromatic rings. The zero-order valence-corrected chi connectivity index (χ0v) is 8.27. The molecular weight excluding hydrogens is 200 g/mol. The second kappa shape index (κ2) is 3.34. The molecule has 72 valence electrons. The zero-order chi connectivity index (χ0) is 10.1. The summed E-state index contributed by atoms with van der Waals surface area (Å²) < 4.78 is 5.29. The van der Waals surface area contributed by atoms with E-state index in [-0.39, 0.29) is 11.1 Å². The van der Waals surface area contributed by atoms with Gasteiger partial charge in [0.1, 0.15) is 11.5 Å². The standard InChI is InChI=1S/C9H8N2O2S/c1-5-2-3-6(13-5)4-7-8(12)11-9(10)14-7/h2-4H,1H3,(H2,10,11,12). The Morgan fingerprint density at radius 3 is 2.86 bits per heavy atom. The fraction of sp³-hybridized carbons (Fsp3) is 0.111. The third-order valence-electron chi connectivity index (χ3n) is 1.70. The number of furan rings is 1. The molecule has 0 bridgehead atoms. The SMILES string of the molecule is Cc1ccc(C=C2SC(=N)NC2=O)o1. The highest BCUT2D eigenvalue weighted by Crippen LogP contribution is 2.25. The van der Waals surface area contributed by atoms with Gasteiger partial charge in [0.2, 0.25) is 0 Å². The maximum absolute atomic E-state index is 11.2. The molecule has 0 unspecified atom stereocenters. The maximum Gasteiger partial charge on any atom is 0.264 e. The molecule has 14 heavy (non-hydrogen) atoms. The average Bonchev–Trinajstić information content (AvgIpc) is 2.61. The second-order valence-corrected chi connectivity index (χ2v) is 3.89. The van der Waals surface area contributed by atoms with Gasteiger partial charge in [-0.15, -0.1) is 0 Å². The van der Waals surface area contributed by atoms with Gasteiger partial charge < -0.3 is 9.73 Å². The topological polar surface area (TPSA) is 66.1 Å². The van der Waals surface area contributed by atoms with Gasteiger partial charge in [0, 0.05) is 6.08 Å². The van der Waals surface area contributed by atoms with E-state index in [0.717, 1.165) is 17.5 Å². The van der Waals surface area contributed by atoms with E-state index in [1.54, 1.807) is 12.1 Å². The van der Waals surface area contributed by atoms with Crippen molar-refractivity contribution in [2.45, 2.75) is 6.92 Å². The van der Waals surface area contributed by atoms with Crippen molar-refractivity contribution in [3.05, 3.63) is 28.6 Å². The van der Waals surface area contributed by atoms with Crippen LogP contribution in [0.15, 0.2) is 21.5 Å². The normalized spacial score (nSPS) is 19.1. The summed E-state index contributed by atoms with van der Waals surface area (Å²) in [6, 6.07) is 3.62. The third kappa shape index (κ3) is 1.72. The van der Waals surface area contributed by atoms with Crippen molar-refractivity contribution in [1.82, 2.24) is 5.32 Å². The van der Waals surface area contributed by atoms with Crippen molar-refractivity contribution in [3.8, 4) is 0 Å². The highest BCUT2D eigenvalue weighted by atomic mass is 32.2. The molecule has 4 nitrogen and oxygen atoms in total. The number of hydrogen-bond donors (Lipinski definition) is 2. The van der Waals surface area contributed by atoms with Gasteiger partial charge in [0.15, 0.2) is 5.17 Å². The summed E-state index contributed by atoms with van der Waals surface area (Å²) in [5.41, 5.74) is 0. The lowest BCUT2D eigenvalue weighted by Crippen LogP contribution is -2.18. The van der Waals surface area contributed by atoms with Crippen molar-refractivity contribution >= 4 is 28.9 Å². The predicted molar refractivity (Wildman–Crippen MR) is 54.9 cm³/mol. The Kier molecular flexibility index (Phi) is 2.17. The molecule has 2 N–H and O–H groups in total. The molecule has 0 radical (unpaired) electrons. The molecule has 0 saturated carbocycles. The van der Waals surface area contributed by atoms with Crippen LogP contribution in [0.1, 0.15) is 11.5 Å². The minimum atomic E-state index is -0.242. The first-order valence-electron chi connectivity index (χ1n) is 4.01. The number of thioether (sulfide) groups is 1. The van der Waals surface area contributed by atoms with Gasteiger partial charge in [0.25, 0.3) is 5.91 Å². The van der Waals surface area contributed by atoms with Crippen LogP contribution in [0.4, 0.5) is 0 Å². The summed E-state index contributed by atoms with van der Waals surface area (Å²) in [4.78, 5) is 11.7. The van der Waals surface area contributed by atoms with E-state index in [4.69, 9.17) is 9.83 Å². The summed E-state index contributed by atoms with van der Waals surface area (Å²) >= 11 is 1.10. The predicted octanol–water partition coefficient (Wildman–Crippen LogP) is 1.73. The van der Waals surface area contributed by atoms with Gasteiger partial charge in [-0.25, -0.2) is 0 Å². The Hall–Kier alpha value is -1.49. The van der Waals surface area contributed by atoms with E-state index < -0.39 is 0 Å². The molecule has 1 aliphatic rings. The first-order chi connectivity index (χ1) is 6.65. The van der Waals surface area contributed by atoms with E-state index in [9.17, 15) is 4.79 Å². The van der Waals surface area contributed by atoms with Crippen LogP contribution in [0, 0.1) is 12.3 Å². The van der Waals surface area contributed by atoms with E-state index in [0.29, 0.717) is 10.7 Å². The molecule has 2 heterocycles. The lowest BCUT2D eigenvalue weighted by atomic mass is 10.4. The Morgan fingerprint density at radius 2 is 2.36 bits per heavy atom. The lowest BCUT2D eigenvalue weighted by molar-refractivity contribution is -0.115. The minimum Gasteiger partial charge on any atom is -0.462 e. The first-order valence-corrected chi connectivity index (χ1v) is 4.83. The summed E-state index contributed by atoms with van der Waals surface area (Å²) in [5, 5.41) is 9.79. The summed E-state index contributed by atoms with van der Waals surface area (Å²) in [6.45, 7) is 1.84. The number of carbonyl (C=O) groups excluding carboxylic acids is 1. The molecule has 1 fully saturated rings. The van der Waals surface area contributed by atoms with Gasteiger partial charge in [-0.05, 0) is 30.8 Å². The van der Waals surface area contributed by atoms with Gasteiger partial charge in [-0.2, -0.15) is 0 Å².